The Hall–Kier alpha value is -0.260. The van der Waals surface area contributed by atoms with Crippen molar-refractivity contribution in [3.05, 3.63) is 0 Å². The summed E-state index contributed by atoms with van der Waals surface area (Å²) in [5, 5.41) is 7.26. The number of rotatable bonds is 6. The summed E-state index contributed by atoms with van der Waals surface area (Å²) in [6, 6.07) is 0.407. The minimum atomic E-state index is 0.238. The van der Waals surface area contributed by atoms with E-state index < -0.39 is 0 Å². The number of piperidine rings is 2. The summed E-state index contributed by atoms with van der Waals surface area (Å²) in [4.78, 5) is 14.5. The van der Waals surface area contributed by atoms with E-state index in [1.165, 1.54) is 25.8 Å². The predicted octanol–water partition coefficient (Wildman–Crippen LogP) is 1.46. The van der Waals surface area contributed by atoms with Crippen LogP contribution in [0.1, 0.15) is 39.0 Å². The second-order valence-corrected chi connectivity index (χ2v) is 7.23. The highest BCUT2D eigenvalue weighted by Gasteiger charge is 2.21. The monoisotopic (exact) mass is 299 g/mol. The first-order valence-corrected chi connectivity index (χ1v) is 9.17. The van der Waals surface area contributed by atoms with E-state index in [0.29, 0.717) is 17.0 Å². The van der Waals surface area contributed by atoms with E-state index in [1.54, 1.807) is 0 Å². The lowest BCUT2D eigenvalue weighted by molar-refractivity contribution is -0.119. The quantitative estimate of drug-likeness (QED) is 0.779. The van der Waals surface area contributed by atoms with Crippen molar-refractivity contribution in [3.8, 4) is 0 Å². The molecule has 2 heterocycles. The van der Waals surface area contributed by atoms with Gasteiger partial charge >= 0.3 is 0 Å². The number of nitrogens with zero attached hydrogens (tertiary/aromatic N) is 1. The summed E-state index contributed by atoms with van der Waals surface area (Å²) in [5.74, 6) is 0.877. The molecule has 2 aliphatic heterocycles. The van der Waals surface area contributed by atoms with Gasteiger partial charge in [0.2, 0.25) is 5.91 Å². The predicted molar refractivity (Wildman–Crippen MR) is 86.2 cm³/mol. The van der Waals surface area contributed by atoms with E-state index in [1.807, 2.05) is 11.8 Å². The zero-order chi connectivity index (χ0) is 14.2. The molecule has 0 aromatic rings. The number of carbonyl (C=O) groups excluding carboxylic acids is 1. The Labute approximate surface area is 127 Å². The van der Waals surface area contributed by atoms with Crippen LogP contribution in [0.4, 0.5) is 0 Å². The fraction of sp³-hybridized carbons (Fsp3) is 0.933. The molecule has 1 amide bonds. The number of hydrogen-bond donors (Lipinski definition) is 2. The van der Waals surface area contributed by atoms with Crippen LogP contribution < -0.4 is 10.6 Å². The summed E-state index contributed by atoms with van der Waals surface area (Å²) in [6.45, 7) is 7.92. The Bertz CT molecular complexity index is 287. The van der Waals surface area contributed by atoms with E-state index >= 15 is 0 Å². The third kappa shape index (κ3) is 5.62. The lowest BCUT2D eigenvalue weighted by atomic mass is 10.1. The zero-order valence-electron chi connectivity index (χ0n) is 12.7. The molecule has 2 saturated heterocycles. The van der Waals surface area contributed by atoms with Crippen molar-refractivity contribution >= 4 is 17.7 Å². The van der Waals surface area contributed by atoms with Gasteiger partial charge in [0, 0.05) is 24.4 Å². The van der Waals surface area contributed by atoms with Crippen LogP contribution in [0.5, 0.6) is 0 Å². The Balaban J connectivity index is 1.57. The second kappa shape index (κ2) is 8.90. The summed E-state index contributed by atoms with van der Waals surface area (Å²) in [7, 11) is 0. The molecule has 2 aliphatic rings. The molecule has 116 valence electrons. The molecular weight excluding hydrogens is 270 g/mol. The number of hydrogen-bond acceptors (Lipinski definition) is 4. The topological polar surface area (TPSA) is 44.4 Å². The van der Waals surface area contributed by atoms with Gasteiger partial charge in [0.1, 0.15) is 0 Å². The molecule has 0 aromatic carbocycles. The average molecular weight is 299 g/mol. The molecule has 5 heteroatoms. The fourth-order valence-electron chi connectivity index (χ4n) is 3.04. The van der Waals surface area contributed by atoms with Crippen LogP contribution in [-0.4, -0.2) is 60.6 Å². The van der Waals surface area contributed by atoms with Crippen molar-refractivity contribution in [2.24, 2.45) is 0 Å². The molecule has 0 aromatic heterocycles. The van der Waals surface area contributed by atoms with Gasteiger partial charge < -0.3 is 15.5 Å². The van der Waals surface area contributed by atoms with Crippen LogP contribution in [-0.2, 0) is 4.79 Å². The van der Waals surface area contributed by atoms with Gasteiger partial charge in [0.25, 0.3) is 0 Å². The molecule has 0 atom stereocenters. The van der Waals surface area contributed by atoms with E-state index in [2.05, 4.69) is 22.5 Å². The van der Waals surface area contributed by atoms with E-state index in [0.717, 1.165) is 39.0 Å². The van der Waals surface area contributed by atoms with Crippen molar-refractivity contribution in [2.75, 3.05) is 38.5 Å². The van der Waals surface area contributed by atoms with Gasteiger partial charge in [-0.1, -0.05) is 6.92 Å². The molecular formula is C15H29N3OS. The van der Waals surface area contributed by atoms with Gasteiger partial charge in [-0.25, -0.2) is 0 Å². The Morgan fingerprint density at radius 3 is 2.60 bits per heavy atom. The minimum Gasteiger partial charge on any atom is -0.353 e. The van der Waals surface area contributed by atoms with Gasteiger partial charge in [-0.05, 0) is 51.7 Å². The average Bonchev–Trinajstić information content (AvgIpc) is 2.49. The summed E-state index contributed by atoms with van der Waals surface area (Å²) in [5.41, 5.74) is 0. The van der Waals surface area contributed by atoms with Crippen molar-refractivity contribution in [1.82, 2.24) is 15.5 Å². The van der Waals surface area contributed by atoms with E-state index in [4.69, 9.17) is 0 Å². The Kier molecular flexibility index (Phi) is 7.17. The van der Waals surface area contributed by atoms with Crippen LogP contribution in [0, 0.1) is 0 Å². The lowest BCUT2D eigenvalue weighted by Crippen LogP contribution is -2.45. The van der Waals surface area contributed by atoms with Gasteiger partial charge in [0.15, 0.2) is 0 Å². The molecule has 2 rings (SSSR count). The standard InChI is InChI=1S/C15H29N3OS/c1-2-9-18-10-5-13(6-11-18)17-15(19)12-20-14-3-7-16-8-4-14/h13-14,16H,2-12H2,1H3,(H,17,19). The molecule has 4 nitrogen and oxygen atoms in total. The summed E-state index contributed by atoms with van der Waals surface area (Å²) in [6.07, 6.45) is 5.86. The molecule has 0 bridgehead atoms. The fourth-order valence-corrected chi connectivity index (χ4v) is 4.08. The highest BCUT2D eigenvalue weighted by molar-refractivity contribution is 8.00. The maximum absolute atomic E-state index is 12.0. The molecule has 0 saturated carbocycles. The van der Waals surface area contributed by atoms with Gasteiger partial charge in [-0.2, -0.15) is 0 Å². The molecule has 20 heavy (non-hydrogen) atoms. The summed E-state index contributed by atoms with van der Waals surface area (Å²) < 4.78 is 0. The Morgan fingerprint density at radius 1 is 1.25 bits per heavy atom. The number of carbonyl (C=O) groups is 1. The number of thioether (sulfide) groups is 1. The number of nitrogens with one attached hydrogen (secondary N) is 2. The van der Waals surface area contributed by atoms with Crippen molar-refractivity contribution < 1.29 is 4.79 Å². The maximum atomic E-state index is 12.0. The smallest absolute Gasteiger partial charge is 0.230 e. The first-order chi connectivity index (χ1) is 9.78. The minimum absolute atomic E-state index is 0.238. The normalized spacial score (nSPS) is 22.9. The van der Waals surface area contributed by atoms with Crippen molar-refractivity contribution in [2.45, 2.75) is 50.3 Å². The van der Waals surface area contributed by atoms with Gasteiger partial charge in [0.05, 0.1) is 5.75 Å². The molecule has 2 N–H and O–H groups in total. The summed E-state index contributed by atoms with van der Waals surface area (Å²) >= 11 is 1.84. The third-order valence-electron chi connectivity index (χ3n) is 4.23. The zero-order valence-corrected chi connectivity index (χ0v) is 13.5. The second-order valence-electron chi connectivity index (χ2n) is 5.94. The van der Waals surface area contributed by atoms with Crippen LogP contribution >= 0.6 is 11.8 Å². The first kappa shape index (κ1) is 16.1. The third-order valence-corrected chi connectivity index (χ3v) is 5.60. The number of amides is 1. The Morgan fingerprint density at radius 2 is 1.95 bits per heavy atom. The van der Waals surface area contributed by atoms with Crippen LogP contribution in [0.25, 0.3) is 0 Å². The van der Waals surface area contributed by atoms with Gasteiger partial charge in [-0.3, -0.25) is 4.79 Å². The SMILES string of the molecule is CCCN1CCC(NC(=O)CSC2CCNCC2)CC1. The van der Waals surface area contributed by atoms with Crippen molar-refractivity contribution in [1.29, 1.82) is 0 Å². The van der Waals surface area contributed by atoms with Crippen LogP contribution in [0.15, 0.2) is 0 Å². The lowest BCUT2D eigenvalue weighted by Gasteiger charge is -2.32. The molecule has 0 radical (unpaired) electrons. The largest absolute Gasteiger partial charge is 0.353 e. The molecule has 0 aliphatic carbocycles. The molecule has 2 fully saturated rings. The van der Waals surface area contributed by atoms with Crippen LogP contribution in [0.2, 0.25) is 0 Å². The van der Waals surface area contributed by atoms with E-state index in [9.17, 15) is 4.79 Å². The van der Waals surface area contributed by atoms with Crippen LogP contribution in [0.3, 0.4) is 0 Å². The molecule has 0 unspecified atom stereocenters. The van der Waals surface area contributed by atoms with E-state index in [-0.39, 0.29) is 5.91 Å². The van der Waals surface area contributed by atoms with Crippen molar-refractivity contribution in [3.63, 3.8) is 0 Å². The van der Waals surface area contributed by atoms with Gasteiger partial charge in [-0.15, -0.1) is 11.8 Å². The maximum Gasteiger partial charge on any atom is 0.230 e. The highest BCUT2D eigenvalue weighted by Crippen LogP contribution is 2.20. The highest BCUT2D eigenvalue weighted by atomic mass is 32.2. The first-order valence-electron chi connectivity index (χ1n) is 8.12. The molecule has 0 spiro atoms. The number of likely N-dealkylation sites (tertiary alicyclic amines) is 1.